The van der Waals surface area contributed by atoms with Crippen LogP contribution >= 0.6 is 12.4 Å². The summed E-state index contributed by atoms with van der Waals surface area (Å²) in [4.78, 5) is 14.4. The Morgan fingerprint density at radius 3 is 2.91 bits per heavy atom. The third-order valence-corrected chi connectivity index (χ3v) is 4.57. The van der Waals surface area contributed by atoms with Crippen LogP contribution in [0.15, 0.2) is 24.4 Å². The molecule has 1 N–H and O–H groups in total. The van der Waals surface area contributed by atoms with Crippen LogP contribution in [0.3, 0.4) is 0 Å². The highest BCUT2D eigenvalue weighted by Crippen LogP contribution is 2.27. The van der Waals surface area contributed by atoms with Crippen molar-refractivity contribution in [2.75, 3.05) is 26.2 Å². The smallest absolute Gasteiger partial charge is 0.228 e. The van der Waals surface area contributed by atoms with Gasteiger partial charge in [0.2, 0.25) is 5.91 Å². The second-order valence-corrected chi connectivity index (χ2v) is 5.97. The number of likely N-dealkylation sites (tertiary alicyclic amines) is 1. The van der Waals surface area contributed by atoms with Gasteiger partial charge in [-0.2, -0.15) is 0 Å². The average molecular weight is 322 g/mol. The van der Waals surface area contributed by atoms with E-state index in [0.717, 1.165) is 50.5 Å². The molecule has 4 rings (SSSR count). The highest BCUT2D eigenvalue weighted by Gasteiger charge is 2.33. The fourth-order valence-corrected chi connectivity index (χ4v) is 3.25. The zero-order valence-corrected chi connectivity index (χ0v) is 13.1. The van der Waals surface area contributed by atoms with E-state index in [9.17, 15) is 4.79 Å². The second-order valence-electron chi connectivity index (χ2n) is 5.97. The molecule has 0 radical (unpaired) electrons. The van der Waals surface area contributed by atoms with E-state index in [0.29, 0.717) is 5.91 Å². The van der Waals surface area contributed by atoms with Gasteiger partial charge in [-0.1, -0.05) is 6.07 Å². The summed E-state index contributed by atoms with van der Waals surface area (Å²) in [5, 5.41) is 11.8. The molecule has 0 spiro atoms. The summed E-state index contributed by atoms with van der Waals surface area (Å²) in [5.74, 6) is 1.74. The van der Waals surface area contributed by atoms with Crippen molar-refractivity contribution < 1.29 is 4.79 Å². The molecule has 2 aliphatic rings. The molecule has 0 saturated carbocycles. The summed E-state index contributed by atoms with van der Waals surface area (Å²) >= 11 is 0. The zero-order valence-electron chi connectivity index (χ0n) is 12.3. The molecule has 1 unspecified atom stereocenters. The molecule has 6 nitrogen and oxygen atoms in total. The molecule has 0 aliphatic carbocycles. The molecule has 2 fully saturated rings. The van der Waals surface area contributed by atoms with Crippen molar-refractivity contribution in [1.29, 1.82) is 0 Å². The van der Waals surface area contributed by atoms with Crippen LogP contribution in [0.25, 0.3) is 5.65 Å². The first-order valence-corrected chi connectivity index (χ1v) is 7.62. The summed E-state index contributed by atoms with van der Waals surface area (Å²) in [6.07, 6.45) is 4.11. The Bertz CT molecular complexity index is 669. The molecular weight excluding hydrogens is 302 g/mol. The summed E-state index contributed by atoms with van der Waals surface area (Å²) in [5.41, 5.74) is 0.874. The minimum absolute atomic E-state index is 0. The minimum atomic E-state index is 0. The van der Waals surface area contributed by atoms with Crippen molar-refractivity contribution in [3.63, 3.8) is 0 Å². The fourth-order valence-electron chi connectivity index (χ4n) is 3.25. The highest BCUT2D eigenvalue weighted by molar-refractivity contribution is 5.85. The monoisotopic (exact) mass is 321 g/mol. The molecule has 1 amide bonds. The number of hydrogen-bond acceptors (Lipinski definition) is 4. The van der Waals surface area contributed by atoms with Gasteiger partial charge >= 0.3 is 0 Å². The van der Waals surface area contributed by atoms with Gasteiger partial charge in [-0.3, -0.25) is 9.20 Å². The van der Waals surface area contributed by atoms with Gasteiger partial charge in [0.25, 0.3) is 0 Å². The summed E-state index contributed by atoms with van der Waals surface area (Å²) in [6, 6.07) is 5.92. The molecule has 7 heteroatoms. The summed E-state index contributed by atoms with van der Waals surface area (Å²) in [6.45, 7) is 3.30. The summed E-state index contributed by atoms with van der Waals surface area (Å²) < 4.78 is 2.05. The SMILES string of the molecule is Cl.O=C(C1CNC1)N1CCCC(c2nnc3ccccn23)C1. The lowest BCUT2D eigenvalue weighted by atomic mass is 9.94. The lowest BCUT2D eigenvalue weighted by Crippen LogP contribution is -2.53. The lowest BCUT2D eigenvalue weighted by molar-refractivity contribution is -0.138. The molecule has 2 saturated heterocycles. The van der Waals surface area contributed by atoms with Crippen molar-refractivity contribution in [2.24, 2.45) is 5.92 Å². The number of carbonyl (C=O) groups excluding carboxylic acids is 1. The quantitative estimate of drug-likeness (QED) is 0.899. The second kappa shape index (κ2) is 6.22. The molecule has 22 heavy (non-hydrogen) atoms. The van der Waals surface area contributed by atoms with E-state index in [-0.39, 0.29) is 24.2 Å². The third-order valence-electron chi connectivity index (χ3n) is 4.57. The molecule has 4 heterocycles. The Kier molecular flexibility index (Phi) is 4.31. The maximum Gasteiger partial charge on any atom is 0.228 e. The Morgan fingerprint density at radius 2 is 2.14 bits per heavy atom. The number of fused-ring (bicyclic) bond motifs is 1. The molecule has 2 aromatic rings. The van der Waals surface area contributed by atoms with Crippen molar-refractivity contribution in [1.82, 2.24) is 24.8 Å². The largest absolute Gasteiger partial charge is 0.342 e. The fraction of sp³-hybridized carbons (Fsp3) is 0.533. The van der Waals surface area contributed by atoms with Crippen LogP contribution in [0, 0.1) is 5.92 Å². The van der Waals surface area contributed by atoms with Crippen molar-refractivity contribution in [3.05, 3.63) is 30.2 Å². The lowest BCUT2D eigenvalue weighted by Gasteiger charge is -2.37. The Balaban J connectivity index is 0.00000144. The number of pyridine rings is 1. The highest BCUT2D eigenvalue weighted by atomic mass is 35.5. The van der Waals surface area contributed by atoms with Crippen LogP contribution in [-0.2, 0) is 4.79 Å². The topological polar surface area (TPSA) is 62.5 Å². The Morgan fingerprint density at radius 1 is 1.27 bits per heavy atom. The molecular formula is C15H20ClN5O. The Hall–Kier alpha value is -1.66. The van der Waals surface area contributed by atoms with E-state index >= 15 is 0 Å². The number of carbonyl (C=O) groups is 1. The number of rotatable bonds is 2. The number of hydrogen-bond donors (Lipinski definition) is 1. The number of aromatic nitrogens is 3. The number of nitrogens with one attached hydrogen (secondary N) is 1. The summed E-state index contributed by atoms with van der Waals surface area (Å²) in [7, 11) is 0. The standard InChI is InChI=1S/C15H19N5O.ClH/c21-15(12-8-16-9-12)19-6-3-4-11(10-19)14-18-17-13-5-1-2-7-20(13)14;/h1-2,5,7,11-12,16H,3-4,6,8-10H2;1H. The van der Waals surface area contributed by atoms with Crippen LogP contribution < -0.4 is 5.32 Å². The Labute approximate surface area is 135 Å². The van der Waals surface area contributed by atoms with Crippen molar-refractivity contribution in [3.8, 4) is 0 Å². The molecule has 2 aliphatic heterocycles. The number of nitrogens with zero attached hydrogens (tertiary/aromatic N) is 4. The molecule has 2 aromatic heterocycles. The van der Waals surface area contributed by atoms with E-state index in [1.165, 1.54) is 0 Å². The third kappa shape index (κ3) is 2.57. The van der Waals surface area contributed by atoms with Gasteiger partial charge in [-0.05, 0) is 25.0 Å². The van der Waals surface area contributed by atoms with E-state index in [1.807, 2.05) is 33.7 Å². The molecule has 0 bridgehead atoms. The first-order valence-electron chi connectivity index (χ1n) is 7.62. The van der Waals surface area contributed by atoms with Crippen LogP contribution in [0.2, 0.25) is 0 Å². The predicted molar refractivity (Wildman–Crippen MR) is 85.1 cm³/mol. The van der Waals surface area contributed by atoms with E-state index in [2.05, 4.69) is 15.5 Å². The maximum atomic E-state index is 12.4. The number of halogens is 1. The van der Waals surface area contributed by atoms with Gasteiger partial charge in [0.05, 0.1) is 5.92 Å². The van der Waals surface area contributed by atoms with Crippen LogP contribution in [0.4, 0.5) is 0 Å². The van der Waals surface area contributed by atoms with Gasteiger partial charge in [-0.15, -0.1) is 22.6 Å². The minimum Gasteiger partial charge on any atom is -0.342 e. The molecule has 1 atom stereocenters. The van der Waals surface area contributed by atoms with E-state index < -0.39 is 0 Å². The van der Waals surface area contributed by atoms with Crippen LogP contribution in [0.5, 0.6) is 0 Å². The number of amides is 1. The van der Waals surface area contributed by atoms with Crippen LogP contribution in [-0.4, -0.2) is 51.6 Å². The molecule has 118 valence electrons. The predicted octanol–water partition coefficient (Wildman–Crippen LogP) is 1.08. The van der Waals surface area contributed by atoms with Gasteiger partial charge in [-0.25, -0.2) is 0 Å². The number of piperidine rings is 1. The van der Waals surface area contributed by atoms with Crippen molar-refractivity contribution in [2.45, 2.75) is 18.8 Å². The van der Waals surface area contributed by atoms with Gasteiger partial charge in [0.1, 0.15) is 5.82 Å². The van der Waals surface area contributed by atoms with Gasteiger partial charge in [0, 0.05) is 38.3 Å². The van der Waals surface area contributed by atoms with E-state index in [1.54, 1.807) is 0 Å². The van der Waals surface area contributed by atoms with E-state index in [4.69, 9.17) is 0 Å². The zero-order chi connectivity index (χ0) is 14.2. The molecule has 0 aromatic carbocycles. The van der Waals surface area contributed by atoms with Gasteiger partial charge < -0.3 is 10.2 Å². The normalized spacial score (nSPS) is 22.2. The van der Waals surface area contributed by atoms with Gasteiger partial charge in [0.15, 0.2) is 5.65 Å². The maximum absolute atomic E-state index is 12.4. The average Bonchev–Trinajstić information content (AvgIpc) is 2.89. The first-order chi connectivity index (χ1) is 10.3. The van der Waals surface area contributed by atoms with Crippen LogP contribution in [0.1, 0.15) is 24.6 Å². The first kappa shape index (κ1) is 15.2. The van der Waals surface area contributed by atoms with Crippen molar-refractivity contribution >= 4 is 24.0 Å².